The van der Waals surface area contributed by atoms with Gasteiger partial charge in [-0.1, -0.05) is 0 Å². The lowest BCUT2D eigenvalue weighted by molar-refractivity contribution is 0.181. The maximum absolute atomic E-state index is 13.7. The molecule has 0 radical (unpaired) electrons. The molecule has 0 bridgehead atoms. The van der Waals surface area contributed by atoms with Crippen molar-refractivity contribution in [3.8, 4) is 11.5 Å². The largest absolute Gasteiger partial charge is 0.396 e. The predicted octanol–water partition coefficient (Wildman–Crippen LogP) is 2.67. The van der Waals surface area contributed by atoms with Crippen LogP contribution in [0.25, 0.3) is 17.2 Å². The normalized spacial score (nSPS) is 22.1. The Morgan fingerprint density at radius 2 is 2.00 bits per heavy atom. The maximum atomic E-state index is 13.7. The van der Waals surface area contributed by atoms with Crippen LogP contribution in [0, 0.1) is 11.7 Å². The minimum absolute atomic E-state index is 0.277. The molecule has 3 aromatic rings. The van der Waals surface area contributed by atoms with Gasteiger partial charge >= 0.3 is 0 Å². The van der Waals surface area contributed by atoms with Gasteiger partial charge in [0.25, 0.3) is 0 Å². The maximum Gasteiger partial charge on any atom is 0.180 e. The van der Waals surface area contributed by atoms with E-state index in [1.165, 1.54) is 12.3 Å². The van der Waals surface area contributed by atoms with E-state index in [0.29, 0.717) is 35.8 Å². The van der Waals surface area contributed by atoms with Gasteiger partial charge in [0, 0.05) is 18.8 Å². The van der Waals surface area contributed by atoms with Gasteiger partial charge in [0.15, 0.2) is 11.6 Å². The first-order chi connectivity index (χ1) is 13.2. The van der Waals surface area contributed by atoms with E-state index in [2.05, 4.69) is 20.2 Å². The molecule has 1 fully saturated rings. The molecule has 1 aliphatic heterocycles. The topological polar surface area (TPSA) is 78.6 Å². The van der Waals surface area contributed by atoms with Gasteiger partial charge in [-0.2, -0.15) is 0 Å². The molecule has 3 aromatic heterocycles. The first-order valence-electron chi connectivity index (χ1n) is 9.34. The third kappa shape index (κ3) is 2.80. The molecule has 0 amide bonds. The monoisotopic (exact) mass is 368 g/mol. The van der Waals surface area contributed by atoms with Crippen molar-refractivity contribution in [1.29, 1.82) is 0 Å². The minimum Gasteiger partial charge on any atom is -0.396 e. The number of rotatable bonds is 3. The number of halogens is 1. The number of aromatic nitrogens is 4. The minimum atomic E-state index is -0.327. The Morgan fingerprint density at radius 1 is 1.15 bits per heavy atom. The summed E-state index contributed by atoms with van der Waals surface area (Å²) in [5, 5.41) is 12.7. The van der Waals surface area contributed by atoms with Gasteiger partial charge in [0.05, 0.1) is 24.7 Å². The number of hydrogen-bond acceptors (Lipinski definition) is 6. The summed E-state index contributed by atoms with van der Waals surface area (Å²) < 4.78 is 15.3. The molecular weight excluding hydrogens is 347 g/mol. The van der Waals surface area contributed by atoms with Crippen molar-refractivity contribution in [2.24, 2.45) is 5.92 Å². The SMILES string of the molecule is OCC1CCC(N2CNc3cnc(-c4cnc5ccc(F)cn45)nc32)CC1. The Labute approximate surface area is 155 Å². The fraction of sp³-hybridized carbons (Fsp3) is 0.421. The van der Waals surface area contributed by atoms with E-state index in [-0.39, 0.29) is 12.4 Å². The molecule has 0 saturated heterocycles. The lowest BCUT2D eigenvalue weighted by Gasteiger charge is -2.34. The molecule has 8 heteroatoms. The fourth-order valence-corrected chi connectivity index (χ4v) is 4.15. The highest BCUT2D eigenvalue weighted by atomic mass is 19.1. The third-order valence-corrected chi connectivity index (χ3v) is 5.69. The van der Waals surface area contributed by atoms with E-state index in [1.807, 2.05) is 0 Å². The van der Waals surface area contributed by atoms with E-state index in [0.717, 1.165) is 37.2 Å². The number of anilines is 2. The number of hydrogen-bond donors (Lipinski definition) is 2. The summed E-state index contributed by atoms with van der Waals surface area (Å²) >= 11 is 0. The number of nitrogens with one attached hydrogen (secondary N) is 1. The van der Waals surface area contributed by atoms with Crippen LogP contribution < -0.4 is 10.2 Å². The van der Waals surface area contributed by atoms with Crippen LogP contribution in [0.4, 0.5) is 15.9 Å². The zero-order valence-electron chi connectivity index (χ0n) is 14.8. The van der Waals surface area contributed by atoms with Crippen LogP contribution in [0.15, 0.2) is 30.7 Å². The average molecular weight is 368 g/mol. The first kappa shape index (κ1) is 16.4. The molecule has 1 saturated carbocycles. The van der Waals surface area contributed by atoms with E-state index in [9.17, 15) is 9.50 Å². The second kappa shape index (κ2) is 6.45. The molecule has 2 aliphatic rings. The summed E-state index contributed by atoms with van der Waals surface area (Å²) in [5.41, 5.74) is 2.25. The molecule has 0 unspecified atom stereocenters. The Morgan fingerprint density at radius 3 is 2.81 bits per heavy atom. The van der Waals surface area contributed by atoms with Crippen LogP contribution in [0.5, 0.6) is 0 Å². The first-order valence-corrected chi connectivity index (χ1v) is 9.34. The second-order valence-electron chi connectivity index (χ2n) is 7.31. The van der Waals surface area contributed by atoms with Crippen LogP contribution >= 0.6 is 0 Å². The molecule has 4 heterocycles. The van der Waals surface area contributed by atoms with Crippen molar-refractivity contribution in [2.45, 2.75) is 31.7 Å². The zero-order valence-corrected chi connectivity index (χ0v) is 14.8. The van der Waals surface area contributed by atoms with Crippen LogP contribution in [-0.2, 0) is 0 Å². The Bertz CT molecular complexity index is 981. The quantitative estimate of drug-likeness (QED) is 0.740. The molecule has 140 valence electrons. The highest BCUT2D eigenvalue weighted by Gasteiger charge is 2.31. The Balaban J connectivity index is 1.48. The molecule has 0 atom stereocenters. The smallest absolute Gasteiger partial charge is 0.180 e. The Hall–Kier alpha value is -2.74. The van der Waals surface area contributed by atoms with Crippen LogP contribution in [-0.4, -0.2) is 43.8 Å². The summed E-state index contributed by atoms with van der Waals surface area (Å²) in [6.07, 6.45) is 9.04. The lowest BCUT2D eigenvalue weighted by atomic mass is 9.86. The number of nitrogens with zero attached hydrogens (tertiary/aromatic N) is 5. The summed E-state index contributed by atoms with van der Waals surface area (Å²) in [7, 11) is 0. The highest BCUT2D eigenvalue weighted by molar-refractivity contribution is 5.73. The molecule has 1 aliphatic carbocycles. The second-order valence-corrected chi connectivity index (χ2v) is 7.31. The van der Waals surface area contributed by atoms with Crippen LogP contribution in [0.2, 0.25) is 0 Å². The van der Waals surface area contributed by atoms with Gasteiger partial charge in [0.2, 0.25) is 0 Å². The van der Waals surface area contributed by atoms with Gasteiger partial charge in [-0.15, -0.1) is 0 Å². The third-order valence-electron chi connectivity index (χ3n) is 5.69. The summed E-state index contributed by atoms with van der Waals surface area (Å²) in [6, 6.07) is 3.44. The molecule has 27 heavy (non-hydrogen) atoms. The van der Waals surface area contributed by atoms with Crippen LogP contribution in [0.1, 0.15) is 25.7 Å². The van der Waals surface area contributed by atoms with Gasteiger partial charge in [-0.25, -0.2) is 19.3 Å². The summed E-state index contributed by atoms with van der Waals surface area (Å²) in [4.78, 5) is 15.9. The molecule has 2 N–H and O–H groups in total. The van der Waals surface area contributed by atoms with Crippen molar-refractivity contribution < 1.29 is 9.50 Å². The fourth-order valence-electron chi connectivity index (χ4n) is 4.15. The van der Waals surface area contributed by atoms with Gasteiger partial charge in [0.1, 0.15) is 17.2 Å². The van der Waals surface area contributed by atoms with Crippen molar-refractivity contribution >= 4 is 17.2 Å². The molecule has 0 aromatic carbocycles. The average Bonchev–Trinajstić information content (AvgIpc) is 3.31. The van der Waals surface area contributed by atoms with E-state index < -0.39 is 0 Å². The number of aliphatic hydroxyl groups is 1. The van der Waals surface area contributed by atoms with E-state index in [1.54, 1.807) is 22.9 Å². The van der Waals surface area contributed by atoms with Gasteiger partial charge in [-0.05, 0) is 43.7 Å². The summed E-state index contributed by atoms with van der Waals surface area (Å²) in [5.74, 6) is 1.51. The Kier molecular flexibility index (Phi) is 3.93. The van der Waals surface area contributed by atoms with E-state index >= 15 is 0 Å². The zero-order chi connectivity index (χ0) is 18.4. The van der Waals surface area contributed by atoms with Crippen molar-refractivity contribution in [3.63, 3.8) is 0 Å². The van der Waals surface area contributed by atoms with Crippen LogP contribution in [0.3, 0.4) is 0 Å². The van der Waals surface area contributed by atoms with E-state index in [4.69, 9.17) is 4.98 Å². The van der Waals surface area contributed by atoms with Gasteiger partial charge < -0.3 is 15.3 Å². The van der Waals surface area contributed by atoms with Crippen molar-refractivity contribution in [2.75, 3.05) is 23.5 Å². The molecule has 0 spiro atoms. The molecule has 5 rings (SSSR count). The molecular formula is C19H21FN6O. The lowest BCUT2D eigenvalue weighted by Crippen LogP contribution is -2.38. The molecule has 7 nitrogen and oxygen atoms in total. The highest BCUT2D eigenvalue weighted by Crippen LogP contribution is 2.36. The predicted molar refractivity (Wildman–Crippen MR) is 100.0 cm³/mol. The standard InChI is InChI=1S/C19H21FN6O/c20-13-3-6-17-21-8-16(25(17)9-13)18-22-7-15-19(24-18)26(11-23-15)14-4-1-12(10-27)2-5-14/h3,6-9,12,14,23,27H,1-2,4-5,10-11H2. The number of imidazole rings is 1. The number of fused-ring (bicyclic) bond motifs is 2. The number of aliphatic hydroxyl groups excluding tert-OH is 1. The number of pyridine rings is 1. The van der Waals surface area contributed by atoms with Gasteiger partial charge in [-0.3, -0.25) is 4.40 Å². The van der Waals surface area contributed by atoms with Crippen molar-refractivity contribution in [3.05, 3.63) is 36.5 Å². The summed E-state index contributed by atoms with van der Waals surface area (Å²) in [6.45, 7) is 0.989. The van der Waals surface area contributed by atoms with Crippen molar-refractivity contribution in [1.82, 2.24) is 19.4 Å².